The number of ether oxygens (including phenoxy) is 2. The molecule has 1 heterocycles. The minimum atomic E-state index is -4.58. The van der Waals surface area contributed by atoms with Crippen LogP contribution in [-0.2, 0) is 4.74 Å². The second kappa shape index (κ2) is 8.22. The Morgan fingerprint density at radius 2 is 1.79 bits per heavy atom. The second-order valence-electron chi connectivity index (χ2n) is 6.84. The van der Waals surface area contributed by atoms with Crippen LogP contribution in [0.3, 0.4) is 0 Å². The van der Waals surface area contributed by atoms with Gasteiger partial charge in [-0.15, -0.1) is 0 Å². The van der Waals surface area contributed by atoms with Gasteiger partial charge < -0.3 is 9.47 Å². The van der Waals surface area contributed by atoms with Gasteiger partial charge >= 0.3 is 12.3 Å². The van der Waals surface area contributed by atoms with E-state index in [4.69, 9.17) is 21.1 Å². The molecule has 2 rings (SSSR count). The lowest BCUT2D eigenvalue weighted by atomic mass is 10.1. The number of amides is 1. The summed E-state index contributed by atoms with van der Waals surface area (Å²) in [5.41, 5.74) is -0.308. The standard InChI is InChI=1S/C18H19ClF3N3O3/c1-10(18(20,21)22)27-15-14(11-5-7-12(19)8-6-11)24-13(9-23-15)25-16(26)28-17(2,3)4/h5-10H,1-4H3,(H,24,25,26). The van der Waals surface area contributed by atoms with Crippen molar-refractivity contribution in [2.24, 2.45) is 0 Å². The highest BCUT2D eigenvalue weighted by atomic mass is 35.5. The molecule has 0 aliphatic carbocycles. The molecule has 1 aromatic heterocycles. The summed E-state index contributed by atoms with van der Waals surface area (Å²) in [5.74, 6) is -0.340. The summed E-state index contributed by atoms with van der Waals surface area (Å²) in [4.78, 5) is 20.0. The predicted octanol–water partition coefficient (Wildman–Crippen LogP) is 5.47. The molecule has 152 valence electrons. The van der Waals surface area contributed by atoms with E-state index in [-0.39, 0.29) is 17.4 Å². The van der Waals surface area contributed by atoms with Gasteiger partial charge in [0.05, 0.1) is 6.20 Å². The molecule has 1 atom stereocenters. The number of anilines is 1. The molecule has 0 saturated heterocycles. The number of halogens is 4. The molecule has 0 radical (unpaired) electrons. The Balaban J connectivity index is 2.37. The van der Waals surface area contributed by atoms with E-state index in [0.29, 0.717) is 10.6 Å². The van der Waals surface area contributed by atoms with Gasteiger partial charge in [-0.25, -0.2) is 14.8 Å². The normalized spacial score (nSPS) is 13.0. The van der Waals surface area contributed by atoms with Crippen molar-refractivity contribution in [2.45, 2.75) is 45.6 Å². The number of carbonyl (C=O) groups excluding carboxylic acids is 1. The summed E-state index contributed by atoms with van der Waals surface area (Å²) < 4.78 is 48.7. The third-order valence-corrected chi connectivity index (χ3v) is 3.49. The van der Waals surface area contributed by atoms with Crippen LogP contribution in [0.5, 0.6) is 5.88 Å². The van der Waals surface area contributed by atoms with Crippen molar-refractivity contribution in [1.29, 1.82) is 0 Å². The highest BCUT2D eigenvalue weighted by Crippen LogP contribution is 2.32. The maximum Gasteiger partial charge on any atom is 0.425 e. The lowest BCUT2D eigenvalue weighted by Crippen LogP contribution is -2.31. The van der Waals surface area contributed by atoms with Crippen molar-refractivity contribution in [2.75, 3.05) is 5.32 Å². The smallest absolute Gasteiger partial charge is 0.425 e. The summed E-state index contributed by atoms with van der Waals surface area (Å²) in [6.45, 7) is 5.92. The molecule has 1 amide bonds. The molecule has 0 aliphatic rings. The average Bonchev–Trinajstić information content (AvgIpc) is 2.54. The van der Waals surface area contributed by atoms with Crippen LogP contribution >= 0.6 is 11.6 Å². The minimum absolute atomic E-state index is 0.00814. The van der Waals surface area contributed by atoms with E-state index in [1.54, 1.807) is 45.0 Å². The topological polar surface area (TPSA) is 73.3 Å². The molecule has 0 aliphatic heterocycles. The Hall–Kier alpha value is -2.55. The molecule has 10 heteroatoms. The number of carbonyl (C=O) groups is 1. The van der Waals surface area contributed by atoms with Gasteiger partial charge in [0.25, 0.3) is 0 Å². The Morgan fingerprint density at radius 3 is 2.32 bits per heavy atom. The molecular formula is C18H19ClF3N3O3. The van der Waals surface area contributed by atoms with Crippen molar-refractivity contribution in [1.82, 2.24) is 9.97 Å². The highest BCUT2D eigenvalue weighted by Gasteiger charge is 2.39. The summed E-state index contributed by atoms with van der Waals surface area (Å²) in [7, 11) is 0. The van der Waals surface area contributed by atoms with Gasteiger partial charge in [0, 0.05) is 10.6 Å². The Kier molecular flexibility index (Phi) is 6.38. The zero-order valence-corrected chi connectivity index (χ0v) is 16.4. The van der Waals surface area contributed by atoms with E-state index >= 15 is 0 Å². The van der Waals surface area contributed by atoms with Crippen LogP contribution < -0.4 is 10.1 Å². The van der Waals surface area contributed by atoms with Crippen LogP contribution in [0.25, 0.3) is 11.3 Å². The first kappa shape index (κ1) is 21.7. The van der Waals surface area contributed by atoms with Crippen LogP contribution in [0.1, 0.15) is 27.7 Å². The molecule has 0 spiro atoms. The quantitative estimate of drug-likeness (QED) is 0.713. The van der Waals surface area contributed by atoms with Crippen molar-refractivity contribution < 1.29 is 27.4 Å². The lowest BCUT2D eigenvalue weighted by Gasteiger charge is -2.20. The predicted molar refractivity (Wildman–Crippen MR) is 98.5 cm³/mol. The van der Waals surface area contributed by atoms with Crippen molar-refractivity contribution in [3.8, 4) is 17.1 Å². The van der Waals surface area contributed by atoms with Gasteiger partial charge in [-0.3, -0.25) is 5.32 Å². The third kappa shape index (κ3) is 6.26. The Labute approximate surface area is 165 Å². The monoisotopic (exact) mass is 417 g/mol. The second-order valence-corrected chi connectivity index (χ2v) is 7.28. The average molecular weight is 418 g/mol. The Morgan fingerprint density at radius 1 is 1.18 bits per heavy atom. The van der Waals surface area contributed by atoms with Gasteiger partial charge in [0.1, 0.15) is 11.3 Å². The van der Waals surface area contributed by atoms with Crippen molar-refractivity contribution in [3.05, 3.63) is 35.5 Å². The molecule has 6 nitrogen and oxygen atoms in total. The minimum Gasteiger partial charge on any atom is -0.463 e. The number of nitrogens with zero attached hydrogens (tertiary/aromatic N) is 2. The molecule has 1 aromatic carbocycles. The van der Waals surface area contributed by atoms with Crippen LogP contribution in [0.4, 0.5) is 23.8 Å². The highest BCUT2D eigenvalue weighted by molar-refractivity contribution is 6.30. The maximum absolute atomic E-state index is 12.9. The number of rotatable bonds is 4. The Bertz CT molecular complexity index is 837. The molecule has 2 aromatic rings. The number of nitrogens with one attached hydrogen (secondary N) is 1. The first-order chi connectivity index (χ1) is 12.8. The number of hydrogen-bond acceptors (Lipinski definition) is 5. The molecule has 1 unspecified atom stereocenters. The van der Waals surface area contributed by atoms with Crippen LogP contribution in [0.2, 0.25) is 5.02 Å². The zero-order chi connectivity index (χ0) is 21.1. The fourth-order valence-corrected chi connectivity index (χ4v) is 2.09. The van der Waals surface area contributed by atoms with E-state index < -0.39 is 24.0 Å². The summed E-state index contributed by atoms with van der Waals surface area (Å²) in [6.07, 6.45) is -6.37. The first-order valence-electron chi connectivity index (χ1n) is 8.21. The largest absolute Gasteiger partial charge is 0.463 e. The van der Waals surface area contributed by atoms with Crippen LogP contribution in [0.15, 0.2) is 30.5 Å². The van der Waals surface area contributed by atoms with E-state index in [9.17, 15) is 18.0 Å². The van der Waals surface area contributed by atoms with Gasteiger partial charge in [-0.05, 0) is 39.8 Å². The van der Waals surface area contributed by atoms with E-state index in [1.807, 2.05) is 0 Å². The molecule has 0 fully saturated rings. The maximum atomic E-state index is 12.9. The number of hydrogen-bond donors (Lipinski definition) is 1. The fraction of sp³-hybridized carbons (Fsp3) is 0.389. The van der Waals surface area contributed by atoms with Gasteiger partial charge in [-0.1, -0.05) is 23.7 Å². The number of alkyl halides is 3. The molecule has 1 N–H and O–H groups in total. The molecule has 0 bridgehead atoms. The molecule has 28 heavy (non-hydrogen) atoms. The van der Waals surface area contributed by atoms with Crippen LogP contribution in [-0.4, -0.2) is 33.9 Å². The van der Waals surface area contributed by atoms with Gasteiger partial charge in [0.15, 0.2) is 11.9 Å². The van der Waals surface area contributed by atoms with E-state index in [2.05, 4.69) is 15.3 Å². The number of aromatic nitrogens is 2. The summed E-state index contributed by atoms with van der Waals surface area (Å²) >= 11 is 5.86. The van der Waals surface area contributed by atoms with Gasteiger partial charge in [0.2, 0.25) is 5.88 Å². The third-order valence-electron chi connectivity index (χ3n) is 3.23. The lowest BCUT2D eigenvalue weighted by molar-refractivity contribution is -0.189. The van der Waals surface area contributed by atoms with E-state index in [1.165, 1.54) is 0 Å². The van der Waals surface area contributed by atoms with Crippen molar-refractivity contribution >= 4 is 23.5 Å². The fourth-order valence-electron chi connectivity index (χ4n) is 1.96. The molecular weight excluding hydrogens is 399 g/mol. The number of benzene rings is 1. The van der Waals surface area contributed by atoms with Gasteiger partial charge in [-0.2, -0.15) is 13.2 Å². The summed E-state index contributed by atoms with van der Waals surface area (Å²) in [5, 5.41) is 2.83. The van der Waals surface area contributed by atoms with Crippen LogP contribution in [0, 0.1) is 0 Å². The first-order valence-corrected chi connectivity index (χ1v) is 8.59. The van der Waals surface area contributed by atoms with E-state index in [0.717, 1.165) is 13.1 Å². The zero-order valence-electron chi connectivity index (χ0n) is 15.6. The molecule has 0 saturated carbocycles. The van der Waals surface area contributed by atoms with Crippen molar-refractivity contribution in [3.63, 3.8) is 0 Å². The summed E-state index contributed by atoms with van der Waals surface area (Å²) in [6, 6.07) is 6.19. The SMILES string of the molecule is CC(Oc1ncc(NC(=O)OC(C)(C)C)nc1-c1ccc(Cl)cc1)C(F)(F)F.